The van der Waals surface area contributed by atoms with Crippen molar-refractivity contribution in [2.75, 3.05) is 37.4 Å². The van der Waals surface area contributed by atoms with Crippen molar-refractivity contribution in [2.45, 2.75) is 64.3 Å². The number of aldehydes is 1. The fourth-order valence-corrected chi connectivity index (χ4v) is 5.37. The third kappa shape index (κ3) is 7.30. The van der Waals surface area contributed by atoms with Crippen LogP contribution in [0.5, 0.6) is 5.75 Å². The normalized spacial score (nSPS) is 15.3. The third-order valence-corrected chi connectivity index (χ3v) is 7.45. The molecule has 3 aromatic rings. The molecule has 214 valence electrons. The first-order chi connectivity index (χ1) is 19.2. The highest BCUT2D eigenvalue weighted by Crippen LogP contribution is 2.31. The Kier molecular flexibility index (Phi) is 9.64. The number of hydrogen-bond donors (Lipinski definition) is 2. The summed E-state index contributed by atoms with van der Waals surface area (Å²) in [5.74, 6) is 6.36. The molecule has 0 bridgehead atoms. The number of fused-ring (bicyclic) bond motifs is 1. The quantitative estimate of drug-likeness (QED) is 0.220. The molecule has 6 nitrogen and oxygen atoms in total. The summed E-state index contributed by atoms with van der Waals surface area (Å²) in [6, 6.07) is 13.0. The van der Waals surface area contributed by atoms with Gasteiger partial charge in [0.2, 0.25) is 0 Å². The lowest BCUT2D eigenvalue weighted by Crippen LogP contribution is -2.43. The lowest BCUT2D eigenvalue weighted by Gasteiger charge is -2.36. The van der Waals surface area contributed by atoms with Crippen LogP contribution in [0.15, 0.2) is 42.5 Å². The number of hydrogen-bond acceptors (Lipinski definition) is 5. The Morgan fingerprint density at radius 1 is 1.15 bits per heavy atom. The van der Waals surface area contributed by atoms with Crippen molar-refractivity contribution in [1.82, 2.24) is 9.47 Å². The van der Waals surface area contributed by atoms with E-state index < -0.39 is 12.7 Å². The number of nitrogens with zero attached hydrogens (tertiary/aromatic N) is 2. The van der Waals surface area contributed by atoms with Gasteiger partial charge in [-0.15, -0.1) is 0 Å². The van der Waals surface area contributed by atoms with Crippen molar-refractivity contribution in [2.24, 2.45) is 0 Å². The fourth-order valence-electron chi connectivity index (χ4n) is 5.37. The summed E-state index contributed by atoms with van der Waals surface area (Å²) in [7, 11) is 1.50. The van der Waals surface area contributed by atoms with Crippen LogP contribution in [0.3, 0.4) is 0 Å². The van der Waals surface area contributed by atoms with E-state index in [1.54, 1.807) is 36.4 Å². The first-order valence-electron chi connectivity index (χ1n) is 13.8. The maximum atomic E-state index is 13.6. The summed E-state index contributed by atoms with van der Waals surface area (Å²) in [6.07, 6.45) is 0.668. The number of halogens is 3. The number of aromatic nitrogens is 1. The first-order valence-corrected chi connectivity index (χ1v) is 13.8. The van der Waals surface area contributed by atoms with E-state index in [2.05, 4.69) is 41.2 Å². The highest BCUT2D eigenvalue weighted by Gasteiger charge is 2.30. The standard InChI is InChI=1S/C31H37F3N4O2/c1-4-7-22(2)37-16-13-24(14-17-37)36-27-9-5-10-29-26(27)19-25(38(29)21-31(32,33)34)8-6-15-35-28-12-11-23(20-39)18-30(28)40-3/h5,9-12,18-20,22,24,35-36H,4,7,13-17,21H2,1-3H3. The van der Waals surface area contributed by atoms with Gasteiger partial charge in [-0.05, 0) is 68.5 Å². The van der Waals surface area contributed by atoms with Crippen molar-refractivity contribution in [3.8, 4) is 17.6 Å². The van der Waals surface area contributed by atoms with Gasteiger partial charge in [0, 0.05) is 41.8 Å². The van der Waals surface area contributed by atoms with Crippen molar-refractivity contribution < 1.29 is 22.7 Å². The van der Waals surface area contributed by atoms with Crippen LogP contribution in [0.25, 0.3) is 10.9 Å². The number of benzene rings is 2. The Labute approximate surface area is 233 Å². The lowest BCUT2D eigenvalue weighted by molar-refractivity contribution is -0.140. The number of carbonyl (C=O) groups is 1. The number of nitrogens with one attached hydrogen (secondary N) is 2. The SMILES string of the molecule is CCCC(C)N1CCC(Nc2cccc3c2cc(C#CCNc2ccc(C=O)cc2OC)n3CC(F)(F)F)CC1. The Hall–Kier alpha value is -3.64. The molecule has 2 N–H and O–H groups in total. The van der Waals surface area contributed by atoms with E-state index in [-0.39, 0.29) is 12.6 Å². The number of carbonyl (C=O) groups excluding carboxylic acids is 1. The Morgan fingerprint density at radius 2 is 1.93 bits per heavy atom. The summed E-state index contributed by atoms with van der Waals surface area (Å²) in [4.78, 5) is 13.5. The van der Waals surface area contributed by atoms with E-state index in [1.165, 1.54) is 24.5 Å². The molecule has 1 aliphatic heterocycles. The first kappa shape index (κ1) is 29.3. The van der Waals surface area contributed by atoms with Crippen LogP contribution in [-0.4, -0.2) is 60.8 Å². The van der Waals surface area contributed by atoms with Gasteiger partial charge in [0.1, 0.15) is 18.6 Å². The highest BCUT2D eigenvalue weighted by atomic mass is 19.4. The number of ether oxygens (including phenoxy) is 1. The second-order valence-corrected chi connectivity index (χ2v) is 10.3. The van der Waals surface area contributed by atoms with Gasteiger partial charge in [0.15, 0.2) is 0 Å². The van der Waals surface area contributed by atoms with Crippen LogP contribution < -0.4 is 15.4 Å². The van der Waals surface area contributed by atoms with Gasteiger partial charge in [-0.1, -0.05) is 25.3 Å². The molecule has 40 heavy (non-hydrogen) atoms. The molecule has 0 radical (unpaired) electrons. The monoisotopic (exact) mass is 554 g/mol. The van der Waals surface area contributed by atoms with Crippen LogP contribution in [0.2, 0.25) is 0 Å². The molecule has 1 atom stereocenters. The zero-order chi connectivity index (χ0) is 28.7. The number of methoxy groups -OCH3 is 1. The molecule has 9 heteroatoms. The highest BCUT2D eigenvalue weighted by molar-refractivity contribution is 5.94. The van der Waals surface area contributed by atoms with E-state index >= 15 is 0 Å². The fraction of sp³-hybridized carbons (Fsp3) is 0.452. The minimum atomic E-state index is -4.39. The van der Waals surface area contributed by atoms with Gasteiger partial charge in [0.25, 0.3) is 0 Å². The number of piperidine rings is 1. The molecule has 1 aromatic heterocycles. The Morgan fingerprint density at radius 3 is 2.60 bits per heavy atom. The van der Waals surface area contributed by atoms with E-state index in [4.69, 9.17) is 4.74 Å². The second-order valence-electron chi connectivity index (χ2n) is 10.3. The minimum Gasteiger partial charge on any atom is -0.495 e. The molecule has 0 spiro atoms. The molecule has 0 amide bonds. The Bertz CT molecular complexity index is 1360. The maximum Gasteiger partial charge on any atom is 0.406 e. The number of alkyl halides is 3. The molecular formula is C31H37F3N4O2. The minimum absolute atomic E-state index is 0.185. The maximum absolute atomic E-state index is 13.6. The van der Waals surface area contributed by atoms with Crippen molar-refractivity contribution in [1.29, 1.82) is 0 Å². The zero-order valence-corrected chi connectivity index (χ0v) is 23.3. The van der Waals surface area contributed by atoms with Gasteiger partial charge >= 0.3 is 6.18 Å². The van der Waals surface area contributed by atoms with Gasteiger partial charge < -0.3 is 24.8 Å². The van der Waals surface area contributed by atoms with Crippen LogP contribution >= 0.6 is 0 Å². The van der Waals surface area contributed by atoms with Crippen LogP contribution in [0.1, 0.15) is 55.6 Å². The van der Waals surface area contributed by atoms with Crippen LogP contribution in [0, 0.1) is 11.8 Å². The summed E-state index contributed by atoms with van der Waals surface area (Å²) in [5.41, 5.74) is 2.75. The smallest absolute Gasteiger partial charge is 0.406 e. The second kappa shape index (κ2) is 13.1. The molecule has 0 aliphatic carbocycles. The molecule has 2 heterocycles. The van der Waals surface area contributed by atoms with Crippen molar-refractivity contribution in [3.63, 3.8) is 0 Å². The summed E-state index contributed by atoms with van der Waals surface area (Å²) in [5, 5.41) is 7.45. The van der Waals surface area contributed by atoms with Crippen molar-refractivity contribution >= 4 is 28.6 Å². The molecule has 1 saturated heterocycles. The summed E-state index contributed by atoms with van der Waals surface area (Å²) >= 11 is 0. The largest absolute Gasteiger partial charge is 0.495 e. The van der Waals surface area contributed by atoms with Gasteiger partial charge in [-0.3, -0.25) is 4.79 Å². The average Bonchev–Trinajstić information content (AvgIpc) is 3.28. The number of rotatable bonds is 10. The lowest BCUT2D eigenvalue weighted by atomic mass is 10.0. The molecular weight excluding hydrogens is 517 g/mol. The van der Waals surface area contributed by atoms with Gasteiger partial charge in [-0.2, -0.15) is 13.2 Å². The average molecular weight is 555 g/mol. The third-order valence-electron chi connectivity index (χ3n) is 7.45. The van der Waals surface area contributed by atoms with E-state index in [0.29, 0.717) is 34.3 Å². The predicted octanol–water partition coefficient (Wildman–Crippen LogP) is 6.55. The van der Waals surface area contributed by atoms with Gasteiger partial charge in [0.05, 0.1) is 30.6 Å². The number of anilines is 2. The predicted molar refractivity (Wildman–Crippen MR) is 154 cm³/mol. The summed E-state index contributed by atoms with van der Waals surface area (Å²) in [6.45, 7) is 5.57. The molecule has 1 aliphatic rings. The molecule has 0 saturated carbocycles. The molecule has 1 unspecified atom stereocenters. The Balaban J connectivity index is 1.53. The van der Waals surface area contributed by atoms with Crippen molar-refractivity contribution in [3.05, 3.63) is 53.7 Å². The topological polar surface area (TPSA) is 58.5 Å². The van der Waals surface area contributed by atoms with Crippen LogP contribution in [0.4, 0.5) is 24.5 Å². The molecule has 2 aromatic carbocycles. The van der Waals surface area contributed by atoms with E-state index in [9.17, 15) is 18.0 Å². The van der Waals surface area contributed by atoms with E-state index in [0.717, 1.165) is 43.3 Å². The summed E-state index contributed by atoms with van der Waals surface area (Å²) < 4.78 is 47.3. The number of likely N-dealkylation sites (tertiary alicyclic amines) is 1. The molecule has 1 fully saturated rings. The van der Waals surface area contributed by atoms with E-state index in [1.807, 2.05) is 6.07 Å². The molecule has 4 rings (SSSR count). The zero-order valence-electron chi connectivity index (χ0n) is 23.3. The van der Waals surface area contributed by atoms with Gasteiger partial charge in [-0.25, -0.2) is 0 Å². The van der Waals surface area contributed by atoms with Crippen LogP contribution in [-0.2, 0) is 6.54 Å².